The number of aromatic nitrogens is 2. The molecular formula is C18H17Cl2N5O6. The average molecular weight is 470 g/mol. The van der Waals surface area contributed by atoms with Gasteiger partial charge in [-0.3, -0.25) is 4.79 Å². The lowest BCUT2D eigenvalue weighted by Crippen LogP contribution is -2.57. The number of aromatic amines is 1. The van der Waals surface area contributed by atoms with E-state index in [0.717, 1.165) is 12.1 Å². The van der Waals surface area contributed by atoms with Crippen LogP contribution in [0.15, 0.2) is 34.7 Å². The Balaban J connectivity index is 1.96. The number of hydrazone groups is 1. The van der Waals surface area contributed by atoms with E-state index in [1.54, 1.807) is 6.92 Å². The van der Waals surface area contributed by atoms with E-state index >= 15 is 0 Å². The monoisotopic (exact) mass is 469 g/mol. The van der Waals surface area contributed by atoms with Gasteiger partial charge in [0, 0.05) is 11.6 Å². The third-order valence-electron chi connectivity index (χ3n) is 4.10. The molecule has 3 rings (SSSR count). The third-order valence-corrected chi connectivity index (χ3v) is 4.66. The predicted octanol–water partition coefficient (Wildman–Crippen LogP) is 1.43. The summed E-state index contributed by atoms with van der Waals surface area (Å²) in [5.41, 5.74) is 0.145. The largest absolute Gasteiger partial charge is 0.464 e. The first kappa shape index (κ1) is 22.7. The first-order valence-corrected chi connectivity index (χ1v) is 9.38. The molecule has 0 aliphatic carbocycles. The van der Waals surface area contributed by atoms with Crippen molar-refractivity contribution in [2.24, 2.45) is 5.10 Å². The molecule has 0 fully saturated rings. The molecule has 0 radical (unpaired) electrons. The molecule has 2 aromatic rings. The molecule has 1 aliphatic rings. The van der Waals surface area contributed by atoms with Crippen LogP contribution >= 0.6 is 23.2 Å². The Labute approximate surface area is 185 Å². The van der Waals surface area contributed by atoms with E-state index in [2.05, 4.69) is 31.9 Å². The second-order valence-electron chi connectivity index (χ2n) is 6.33. The highest BCUT2D eigenvalue weighted by atomic mass is 35.5. The SMILES string of the molecule is C=C(C)c1cc(Oc2c(Cl)cc(N3N=C(C(=O)OC)C(O)NC3O)cc2Cl)n[nH]c1=O. The minimum atomic E-state index is -1.54. The Hall–Kier alpha value is -2.96. The van der Waals surface area contributed by atoms with Crippen molar-refractivity contribution >= 4 is 46.1 Å². The summed E-state index contributed by atoms with van der Waals surface area (Å²) in [4.78, 5) is 23.6. The van der Waals surface area contributed by atoms with Gasteiger partial charge in [0.05, 0.1) is 22.8 Å². The van der Waals surface area contributed by atoms with Crippen LogP contribution < -0.4 is 20.6 Å². The maximum absolute atomic E-state index is 11.8. The summed E-state index contributed by atoms with van der Waals surface area (Å²) < 4.78 is 10.2. The van der Waals surface area contributed by atoms with Gasteiger partial charge in [-0.15, -0.1) is 5.10 Å². The van der Waals surface area contributed by atoms with Crippen molar-refractivity contribution < 1.29 is 24.5 Å². The van der Waals surface area contributed by atoms with E-state index < -0.39 is 24.1 Å². The van der Waals surface area contributed by atoms with Crippen LogP contribution in [0.1, 0.15) is 12.5 Å². The smallest absolute Gasteiger partial charge is 0.358 e. The summed E-state index contributed by atoms with van der Waals surface area (Å²) in [6.45, 7) is 5.37. The summed E-state index contributed by atoms with van der Waals surface area (Å²) in [6.07, 6.45) is -3.04. The van der Waals surface area contributed by atoms with Crippen LogP contribution in [0, 0.1) is 0 Å². The van der Waals surface area contributed by atoms with Crippen LogP contribution in [0.4, 0.5) is 5.69 Å². The number of methoxy groups -OCH3 is 1. The number of anilines is 1. The highest BCUT2D eigenvalue weighted by Crippen LogP contribution is 2.40. The van der Waals surface area contributed by atoms with Crippen LogP contribution in [0.2, 0.25) is 10.0 Å². The van der Waals surface area contributed by atoms with Gasteiger partial charge in [-0.1, -0.05) is 29.8 Å². The van der Waals surface area contributed by atoms with E-state index in [0.29, 0.717) is 5.57 Å². The number of rotatable bonds is 5. The predicted molar refractivity (Wildman–Crippen MR) is 113 cm³/mol. The van der Waals surface area contributed by atoms with Crippen LogP contribution in [0.25, 0.3) is 5.57 Å². The van der Waals surface area contributed by atoms with Gasteiger partial charge in [0.2, 0.25) is 12.2 Å². The number of carbonyl (C=O) groups is 1. The Morgan fingerprint density at radius 3 is 2.48 bits per heavy atom. The second-order valence-corrected chi connectivity index (χ2v) is 7.15. The lowest BCUT2D eigenvalue weighted by atomic mass is 10.2. The zero-order valence-corrected chi connectivity index (χ0v) is 17.7. The molecular weight excluding hydrogens is 453 g/mol. The number of hydrogen-bond acceptors (Lipinski definition) is 10. The fourth-order valence-electron chi connectivity index (χ4n) is 2.61. The van der Waals surface area contributed by atoms with Gasteiger partial charge in [-0.2, -0.15) is 5.10 Å². The van der Waals surface area contributed by atoms with E-state index in [-0.39, 0.29) is 38.6 Å². The summed E-state index contributed by atoms with van der Waals surface area (Å²) in [5.74, 6) is -0.856. The number of ether oxygens (including phenoxy) is 2. The van der Waals surface area contributed by atoms with Gasteiger partial charge < -0.3 is 19.7 Å². The Morgan fingerprint density at radius 2 is 1.90 bits per heavy atom. The molecule has 0 spiro atoms. The Kier molecular flexibility index (Phi) is 6.62. The van der Waals surface area contributed by atoms with Crippen molar-refractivity contribution in [3.05, 3.63) is 50.7 Å². The molecule has 11 nitrogen and oxygen atoms in total. The molecule has 1 aliphatic heterocycles. The fraction of sp³-hybridized carbons (Fsp3) is 0.222. The van der Waals surface area contributed by atoms with Gasteiger partial charge >= 0.3 is 5.97 Å². The first-order valence-electron chi connectivity index (χ1n) is 8.63. The molecule has 2 atom stereocenters. The molecule has 1 aromatic carbocycles. The van der Waals surface area contributed by atoms with E-state index in [4.69, 9.17) is 27.9 Å². The third kappa shape index (κ3) is 4.70. The summed E-state index contributed by atoms with van der Waals surface area (Å²) in [5, 5.41) is 33.4. The summed E-state index contributed by atoms with van der Waals surface area (Å²) in [7, 11) is 1.12. The first-order chi connectivity index (χ1) is 14.6. The maximum atomic E-state index is 11.8. The van der Waals surface area contributed by atoms with Crippen molar-refractivity contribution in [3.8, 4) is 11.6 Å². The van der Waals surface area contributed by atoms with E-state index in [1.165, 1.54) is 18.2 Å². The average Bonchev–Trinajstić information content (AvgIpc) is 2.71. The summed E-state index contributed by atoms with van der Waals surface area (Å²) >= 11 is 12.6. The number of aliphatic hydroxyl groups is 2. The number of benzene rings is 1. The number of nitrogens with zero attached hydrogens (tertiary/aromatic N) is 3. The topological polar surface area (TPSA) is 149 Å². The van der Waals surface area contributed by atoms with Crippen molar-refractivity contribution in [3.63, 3.8) is 0 Å². The van der Waals surface area contributed by atoms with Crippen molar-refractivity contribution in [1.29, 1.82) is 0 Å². The molecule has 0 saturated carbocycles. The van der Waals surface area contributed by atoms with Gasteiger partial charge in [0.1, 0.15) is 0 Å². The minimum absolute atomic E-state index is 0.0144. The number of aliphatic hydroxyl groups excluding tert-OH is 2. The standard InChI is InChI=1S/C18H17Cl2N5O6/c1-7(2)9-6-12(22-23-15(9)26)31-14-10(19)4-8(5-11(14)20)25-18(29)21-16(27)13(24-25)17(28)30-3/h4-6,16,18,21,27,29H,1H2,2-3H3,(H,23,26). The lowest BCUT2D eigenvalue weighted by molar-refractivity contribution is -0.133. The van der Waals surface area contributed by atoms with Crippen LogP contribution in [-0.2, 0) is 9.53 Å². The van der Waals surface area contributed by atoms with Crippen molar-refractivity contribution in [2.75, 3.05) is 12.1 Å². The van der Waals surface area contributed by atoms with E-state index in [9.17, 15) is 19.8 Å². The maximum Gasteiger partial charge on any atom is 0.358 e. The van der Waals surface area contributed by atoms with Crippen molar-refractivity contribution in [1.82, 2.24) is 15.5 Å². The van der Waals surface area contributed by atoms with Crippen LogP contribution in [-0.4, -0.2) is 51.8 Å². The van der Waals surface area contributed by atoms with Crippen LogP contribution in [0.3, 0.4) is 0 Å². The minimum Gasteiger partial charge on any atom is -0.464 e. The molecule has 0 amide bonds. The van der Waals surface area contributed by atoms with Crippen LogP contribution in [0.5, 0.6) is 11.6 Å². The quantitative estimate of drug-likeness (QED) is 0.476. The number of hydrogen-bond donors (Lipinski definition) is 4. The highest BCUT2D eigenvalue weighted by molar-refractivity contribution is 6.39. The number of H-pyrrole nitrogens is 1. The van der Waals surface area contributed by atoms with Gasteiger partial charge in [-0.05, 0) is 24.6 Å². The number of esters is 1. The molecule has 0 saturated heterocycles. The van der Waals surface area contributed by atoms with Crippen molar-refractivity contribution in [2.45, 2.75) is 19.5 Å². The molecule has 2 unspecified atom stereocenters. The number of halogens is 2. The Morgan fingerprint density at radius 1 is 1.26 bits per heavy atom. The highest BCUT2D eigenvalue weighted by Gasteiger charge is 2.33. The molecule has 31 heavy (non-hydrogen) atoms. The number of nitrogens with one attached hydrogen (secondary N) is 2. The zero-order chi connectivity index (χ0) is 22.9. The Bertz CT molecular complexity index is 1110. The van der Waals surface area contributed by atoms with Gasteiger partial charge in [0.25, 0.3) is 5.56 Å². The molecule has 2 heterocycles. The number of allylic oxidation sites excluding steroid dienone is 1. The van der Waals surface area contributed by atoms with Gasteiger partial charge in [0.15, 0.2) is 17.7 Å². The fourth-order valence-corrected chi connectivity index (χ4v) is 3.16. The molecule has 0 bridgehead atoms. The molecule has 164 valence electrons. The second kappa shape index (κ2) is 9.04. The molecule has 13 heteroatoms. The molecule has 4 N–H and O–H groups in total. The number of carbonyl (C=O) groups excluding carboxylic acids is 1. The molecule has 1 aromatic heterocycles. The summed E-state index contributed by atoms with van der Waals surface area (Å²) in [6, 6.07) is 4.10. The zero-order valence-electron chi connectivity index (χ0n) is 16.2. The van der Waals surface area contributed by atoms with E-state index in [1.807, 2.05) is 0 Å². The van der Waals surface area contributed by atoms with Gasteiger partial charge in [-0.25, -0.2) is 20.2 Å². The normalized spacial score (nSPS) is 18.4. The lowest BCUT2D eigenvalue weighted by Gasteiger charge is -2.33.